The van der Waals surface area contributed by atoms with Gasteiger partial charge in [-0.2, -0.15) is 13.2 Å². The number of pyridine rings is 1. The highest BCUT2D eigenvalue weighted by atomic mass is 19.4. The van der Waals surface area contributed by atoms with Gasteiger partial charge in [-0.25, -0.2) is 15.0 Å². The van der Waals surface area contributed by atoms with Crippen molar-refractivity contribution in [3.63, 3.8) is 0 Å². The van der Waals surface area contributed by atoms with Crippen LogP contribution in [0.1, 0.15) is 61.8 Å². The molecule has 1 aliphatic rings. The molecule has 3 aromatic heterocycles. The molecule has 0 aliphatic heterocycles. The summed E-state index contributed by atoms with van der Waals surface area (Å²) in [4.78, 5) is 25.9. The summed E-state index contributed by atoms with van der Waals surface area (Å²) in [6.45, 7) is 6.76. The number of imidazole rings is 1. The van der Waals surface area contributed by atoms with Crippen LogP contribution in [-0.2, 0) is 11.6 Å². The molecule has 192 valence electrons. The summed E-state index contributed by atoms with van der Waals surface area (Å²) in [5.41, 5.74) is 7.67. The molecule has 3 N–H and O–H groups in total. The van der Waals surface area contributed by atoms with Crippen LogP contribution in [0.4, 0.5) is 24.8 Å². The number of nitrogens with one attached hydrogen (secondary N) is 1. The van der Waals surface area contributed by atoms with Crippen molar-refractivity contribution in [3.05, 3.63) is 71.9 Å². The second-order valence-corrected chi connectivity index (χ2v) is 10.3. The average Bonchev–Trinajstić information content (AvgIpc) is 3.37. The quantitative estimate of drug-likeness (QED) is 0.346. The number of hydrogen-bond acceptors (Lipinski definition) is 5. The number of halogens is 3. The topological polar surface area (TPSA) is 98.2 Å². The number of carbonyl (C=O) groups excluding carboxylic acids is 1. The average molecular weight is 509 g/mol. The molecular weight excluding hydrogens is 481 g/mol. The Labute approximate surface area is 212 Å². The van der Waals surface area contributed by atoms with E-state index in [0.29, 0.717) is 17.0 Å². The zero-order chi connectivity index (χ0) is 26.6. The van der Waals surface area contributed by atoms with Crippen LogP contribution < -0.4 is 11.1 Å². The maximum atomic E-state index is 13.0. The van der Waals surface area contributed by atoms with Gasteiger partial charge >= 0.3 is 6.18 Å². The van der Waals surface area contributed by atoms with E-state index < -0.39 is 17.6 Å². The molecule has 4 aromatic rings. The molecular formula is C27H27F3N6O. The zero-order valence-electron chi connectivity index (χ0n) is 20.7. The van der Waals surface area contributed by atoms with Gasteiger partial charge in [0.1, 0.15) is 28.7 Å². The van der Waals surface area contributed by atoms with E-state index in [4.69, 9.17) is 10.7 Å². The molecule has 1 amide bonds. The fraction of sp³-hybridized carbons (Fsp3) is 0.333. The van der Waals surface area contributed by atoms with Gasteiger partial charge in [-0.1, -0.05) is 39.3 Å². The van der Waals surface area contributed by atoms with Gasteiger partial charge in [-0.3, -0.25) is 9.20 Å². The number of fused-ring (bicyclic) bond motifs is 1. The van der Waals surface area contributed by atoms with Crippen molar-refractivity contribution in [1.29, 1.82) is 0 Å². The normalized spacial score (nSPS) is 19.3. The number of alkyl halides is 3. The summed E-state index contributed by atoms with van der Waals surface area (Å²) in [5.74, 6) is 0.523. The Morgan fingerprint density at radius 1 is 1.05 bits per heavy atom. The van der Waals surface area contributed by atoms with Crippen molar-refractivity contribution in [2.24, 2.45) is 5.41 Å². The van der Waals surface area contributed by atoms with Gasteiger partial charge in [0.15, 0.2) is 0 Å². The molecule has 0 saturated heterocycles. The van der Waals surface area contributed by atoms with Crippen LogP contribution in [0.2, 0.25) is 0 Å². The molecule has 10 heteroatoms. The molecule has 1 aliphatic carbocycles. The van der Waals surface area contributed by atoms with Crippen molar-refractivity contribution < 1.29 is 18.0 Å². The van der Waals surface area contributed by atoms with Crippen LogP contribution in [0, 0.1) is 5.41 Å². The monoisotopic (exact) mass is 508 g/mol. The largest absolute Gasteiger partial charge is 0.416 e. The second-order valence-electron chi connectivity index (χ2n) is 10.3. The molecule has 0 bridgehead atoms. The van der Waals surface area contributed by atoms with Crippen LogP contribution in [-0.4, -0.2) is 25.3 Å². The Morgan fingerprint density at radius 2 is 1.78 bits per heavy atom. The molecule has 1 saturated carbocycles. The van der Waals surface area contributed by atoms with E-state index in [2.05, 4.69) is 36.1 Å². The maximum absolute atomic E-state index is 13.0. The zero-order valence-corrected chi connectivity index (χ0v) is 20.7. The number of amides is 1. The number of nitrogen functional groups attached to an aromatic ring is 1. The third kappa shape index (κ3) is 4.20. The third-order valence-electron chi connectivity index (χ3n) is 7.80. The van der Waals surface area contributed by atoms with Gasteiger partial charge in [0.25, 0.3) is 5.91 Å². The van der Waals surface area contributed by atoms with Crippen LogP contribution in [0.15, 0.2) is 55.0 Å². The van der Waals surface area contributed by atoms with E-state index in [1.165, 1.54) is 0 Å². The number of benzene rings is 1. The minimum Gasteiger partial charge on any atom is -0.382 e. The molecule has 1 fully saturated rings. The highest BCUT2D eigenvalue weighted by molar-refractivity contribution is 6.04. The molecule has 1 atom stereocenters. The number of hydrogen-bond donors (Lipinski definition) is 2. The first kappa shape index (κ1) is 24.7. The number of anilines is 2. The van der Waals surface area contributed by atoms with E-state index >= 15 is 0 Å². The number of rotatable bonds is 4. The van der Waals surface area contributed by atoms with Crippen molar-refractivity contribution in [2.75, 3.05) is 11.1 Å². The number of nitrogens with two attached hydrogens (primary N) is 1. The Bertz CT molecular complexity index is 1490. The van der Waals surface area contributed by atoms with Gasteiger partial charge in [0.2, 0.25) is 0 Å². The summed E-state index contributed by atoms with van der Waals surface area (Å²) >= 11 is 0. The lowest BCUT2D eigenvalue weighted by Gasteiger charge is -2.37. The van der Waals surface area contributed by atoms with E-state index in [9.17, 15) is 18.0 Å². The lowest BCUT2D eigenvalue weighted by Crippen LogP contribution is -2.36. The lowest BCUT2D eigenvalue weighted by atomic mass is 9.69. The van der Waals surface area contributed by atoms with Crippen molar-refractivity contribution in [3.8, 4) is 11.3 Å². The minimum atomic E-state index is -4.53. The molecule has 1 aromatic carbocycles. The molecule has 5 rings (SSSR count). The number of aromatic nitrogens is 4. The van der Waals surface area contributed by atoms with Gasteiger partial charge in [0.05, 0.1) is 5.56 Å². The SMILES string of the molecule is CC1(C)CCC[C@]1(C)c1nc(-c2ccc(C(=O)Nc3cc(C(F)(F)F)ccn3)cc2)c2c(N)nccn12. The highest BCUT2D eigenvalue weighted by Gasteiger charge is 2.49. The van der Waals surface area contributed by atoms with Crippen molar-refractivity contribution in [1.82, 2.24) is 19.4 Å². The van der Waals surface area contributed by atoms with Crippen molar-refractivity contribution >= 4 is 23.1 Å². The second kappa shape index (κ2) is 8.57. The van der Waals surface area contributed by atoms with E-state index in [0.717, 1.165) is 49.0 Å². The molecule has 7 nitrogen and oxygen atoms in total. The number of carbonyl (C=O) groups is 1. The van der Waals surface area contributed by atoms with Crippen LogP contribution in [0.25, 0.3) is 16.8 Å². The molecule has 0 unspecified atom stereocenters. The van der Waals surface area contributed by atoms with Gasteiger partial charge < -0.3 is 11.1 Å². The summed E-state index contributed by atoms with van der Waals surface area (Å²) in [6.07, 6.45) is 3.23. The van der Waals surface area contributed by atoms with E-state index in [1.54, 1.807) is 30.5 Å². The molecule has 3 heterocycles. The standard InChI is InChI=1S/C27H27F3N6O/c1-25(2)10-4-11-26(25,3)24-35-20(21-22(31)33-13-14-36(21)24)16-5-7-17(8-6-16)23(37)34-19-15-18(9-12-32-19)27(28,29)30/h5-9,12-15H,4,10-11H2,1-3H3,(H2,31,33)(H,32,34,37)/t26-/m1/s1. The van der Waals surface area contributed by atoms with E-state index in [-0.39, 0.29) is 22.2 Å². The molecule has 37 heavy (non-hydrogen) atoms. The summed E-state index contributed by atoms with van der Waals surface area (Å²) in [6, 6.07) is 8.33. The Hall–Kier alpha value is -3.95. The Balaban J connectivity index is 1.48. The fourth-order valence-corrected chi connectivity index (χ4v) is 5.21. The van der Waals surface area contributed by atoms with Gasteiger partial charge in [0, 0.05) is 35.1 Å². The fourth-order valence-electron chi connectivity index (χ4n) is 5.21. The molecule has 0 radical (unpaired) electrons. The predicted octanol–water partition coefficient (Wildman–Crippen LogP) is 6.11. The van der Waals surface area contributed by atoms with Crippen LogP contribution in [0.5, 0.6) is 0 Å². The first-order valence-electron chi connectivity index (χ1n) is 12.0. The predicted molar refractivity (Wildman–Crippen MR) is 135 cm³/mol. The Kier molecular flexibility index (Phi) is 5.73. The smallest absolute Gasteiger partial charge is 0.382 e. The van der Waals surface area contributed by atoms with Crippen LogP contribution >= 0.6 is 0 Å². The minimum absolute atomic E-state index is 0.0446. The third-order valence-corrected chi connectivity index (χ3v) is 7.80. The maximum Gasteiger partial charge on any atom is 0.416 e. The number of nitrogens with zero attached hydrogens (tertiary/aromatic N) is 4. The van der Waals surface area contributed by atoms with Crippen molar-refractivity contribution in [2.45, 2.75) is 51.6 Å². The van der Waals surface area contributed by atoms with Gasteiger partial charge in [-0.15, -0.1) is 0 Å². The summed E-state index contributed by atoms with van der Waals surface area (Å²) in [5, 5.41) is 2.42. The Morgan fingerprint density at radius 3 is 2.43 bits per heavy atom. The van der Waals surface area contributed by atoms with E-state index in [1.807, 2.05) is 10.6 Å². The molecule has 0 spiro atoms. The highest BCUT2D eigenvalue weighted by Crippen LogP contribution is 2.54. The van der Waals surface area contributed by atoms with Gasteiger partial charge in [-0.05, 0) is 42.5 Å². The van der Waals surface area contributed by atoms with Crippen LogP contribution in [0.3, 0.4) is 0 Å². The first-order chi connectivity index (χ1) is 17.4. The first-order valence-corrected chi connectivity index (χ1v) is 12.0. The lowest BCUT2D eigenvalue weighted by molar-refractivity contribution is -0.137. The summed E-state index contributed by atoms with van der Waals surface area (Å²) < 4.78 is 41.0. The summed E-state index contributed by atoms with van der Waals surface area (Å²) in [7, 11) is 0.